The van der Waals surface area contributed by atoms with Gasteiger partial charge in [0.25, 0.3) is 6.43 Å². The van der Waals surface area contributed by atoms with Gasteiger partial charge in [-0.3, -0.25) is 0 Å². The molecule has 0 saturated heterocycles. The molecule has 1 aromatic carbocycles. The molecular formula is C9H9F2. The van der Waals surface area contributed by atoms with Gasteiger partial charge in [-0.1, -0.05) is 24.3 Å². The lowest BCUT2D eigenvalue weighted by Gasteiger charge is -1.99. The minimum atomic E-state index is -2.37. The van der Waals surface area contributed by atoms with Gasteiger partial charge in [0.05, 0.1) is 0 Å². The first-order valence-corrected chi connectivity index (χ1v) is 3.40. The number of rotatable bonds is 2. The lowest BCUT2D eigenvalue weighted by Crippen LogP contribution is -1.85. The van der Waals surface area contributed by atoms with Crippen molar-refractivity contribution >= 4 is 0 Å². The SMILES string of the molecule is [CH2]Cc1ccc(C(F)F)cc1. The van der Waals surface area contributed by atoms with Crippen LogP contribution in [-0.4, -0.2) is 0 Å². The summed E-state index contributed by atoms with van der Waals surface area (Å²) in [6.45, 7) is 3.64. The number of benzene rings is 1. The van der Waals surface area contributed by atoms with Crippen molar-refractivity contribution in [3.05, 3.63) is 42.3 Å². The molecule has 59 valence electrons. The second kappa shape index (κ2) is 3.46. The third-order valence-electron chi connectivity index (χ3n) is 1.52. The highest BCUT2D eigenvalue weighted by Crippen LogP contribution is 2.18. The van der Waals surface area contributed by atoms with Gasteiger partial charge in [-0.25, -0.2) is 8.78 Å². The summed E-state index contributed by atoms with van der Waals surface area (Å²) in [5.41, 5.74) is 1.05. The maximum absolute atomic E-state index is 12.0. The topological polar surface area (TPSA) is 0 Å². The average Bonchev–Trinajstić information content (AvgIpc) is 2.05. The molecule has 0 bridgehead atoms. The zero-order valence-corrected chi connectivity index (χ0v) is 6.06. The van der Waals surface area contributed by atoms with Gasteiger partial charge < -0.3 is 0 Å². The van der Waals surface area contributed by atoms with E-state index in [-0.39, 0.29) is 5.56 Å². The van der Waals surface area contributed by atoms with Crippen molar-refractivity contribution in [1.82, 2.24) is 0 Å². The van der Waals surface area contributed by atoms with Gasteiger partial charge in [0.2, 0.25) is 0 Å². The van der Waals surface area contributed by atoms with Crippen LogP contribution in [0.5, 0.6) is 0 Å². The molecule has 0 aromatic heterocycles. The third-order valence-corrected chi connectivity index (χ3v) is 1.52. The van der Waals surface area contributed by atoms with Gasteiger partial charge in [0.1, 0.15) is 0 Å². The predicted molar refractivity (Wildman–Crippen MR) is 40.5 cm³/mol. The minimum absolute atomic E-state index is 0.0715. The Hall–Kier alpha value is -0.920. The molecule has 0 aliphatic heterocycles. The Morgan fingerprint density at radius 1 is 1.18 bits per heavy atom. The summed E-state index contributed by atoms with van der Waals surface area (Å²) in [4.78, 5) is 0. The highest BCUT2D eigenvalue weighted by atomic mass is 19.3. The van der Waals surface area contributed by atoms with E-state index < -0.39 is 6.43 Å². The van der Waals surface area contributed by atoms with E-state index in [1.807, 2.05) is 0 Å². The molecule has 1 aromatic rings. The Morgan fingerprint density at radius 3 is 2.09 bits per heavy atom. The molecule has 0 saturated carbocycles. The Bertz CT molecular complexity index is 214. The molecule has 0 heterocycles. The molecule has 1 radical (unpaired) electrons. The van der Waals surface area contributed by atoms with Gasteiger partial charge in [0, 0.05) is 5.56 Å². The second-order valence-electron chi connectivity index (χ2n) is 2.29. The minimum Gasteiger partial charge on any atom is -0.205 e. The van der Waals surface area contributed by atoms with Gasteiger partial charge in [-0.05, 0) is 18.9 Å². The van der Waals surface area contributed by atoms with E-state index in [0.29, 0.717) is 6.42 Å². The van der Waals surface area contributed by atoms with E-state index in [4.69, 9.17) is 0 Å². The maximum atomic E-state index is 12.0. The molecule has 0 nitrogen and oxygen atoms in total. The van der Waals surface area contributed by atoms with Crippen LogP contribution in [-0.2, 0) is 6.42 Å². The molecule has 11 heavy (non-hydrogen) atoms. The van der Waals surface area contributed by atoms with Crippen LogP contribution in [0.3, 0.4) is 0 Å². The zero-order valence-electron chi connectivity index (χ0n) is 6.06. The summed E-state index contributed by atoms with van der Waals surface area (Å²) >= 11 is 0. The Kier molecular flexibility index (Phi) is 2.58. The molecule has 0 aliphatic rings. The van der Waals surface area contributed by atoms with Crippen molar-refractivity contribution in [3.63, 3.8) is 0 Å². The maximum Gasteiger partial charge on any atom is 0.263 e. The van der Waals surface area contributed by atoms with Crippen molar-refractivity contribution in [1.29, 1.82) is 0 Å². The normalized spacial score (nSPS) is 10.5. The Balaban J connectivity index is 2.83. The fourth-order valence-corrected chi connectivity index (χ4v) is 0.830. The molecule has 2 heteroatoms. The van der Waals surface area contributed by atoms with Crippen LogP contribution in [0.1, 0.15) is 17.6 Å². The molecular weight excluding hydrogens is 146 g/mol. The smallest absolute Gasteiger partial charge is 0.205 e. The van der Waals surface area contributed by atoms with Crippen LogP contribution in [0.15, 0.2) is 24.3 Å². The number of alkyl halides is 2. The first-order chi connectivity index (χ1) is 5.24. The molecule has 0 aliphatic carbocycles. The highest BCUT2D eigenvalue weighted by molar-refractivity contribution is 5.23. The van der Waals surface area contributed by atoms with E-state index in [0.717, 1.165) is 5.56 Å². The van der Waals surface area contributed by atoms with Gasteiger partial charge in [-0.15, -0.1) is 0 Å². The first-order valence-electron chi connectivity index (χ1n) is 3.40. The lowest BCUT2D eigenvalue weighted by molar-refractivity contribution is 0.151. The molecule has 0 spiro atoms. The fourth-order valence-electron chi connectivity index (χ4n) is 0.830. The second-order valence-corrected chi connectivity index (χ2v) is 2.29. The standard InChI is InChI=1S/C9H9F2/c1-2-7-3-5-8(6-4-7)9(10)11/h3-6,9H,1-2H2. The van der Waals surface area contributed by atoms with Gasteiger partial charge in [-0.2, -0.15) is 0 Å². The molecule has 0 unspecified atom stereocenters. The molecule has 0 fully saturated rings. The Labute approximate surface area is 64.9 Å². The van der Waals surface area contributed by atoms with E-state index in [1.54, 1.807) is 12.1 Å². The van der Waals surface area contributed by atoms with Crippen LogP contribution in [0.4, 0.5) is 8.78 Å². The predicted octanol–water partition coefficient (Wildman–Crippen LogP) is 3.00. The molecule has 0 amide bonds. The Morgan fingerprint density at radius 2 is 1.73 bits per heavy atom. The van der Waals surface area contributed by atoms with Crippen LogP contribution >= 0.6 is 0 Å². The number of hydrogen-bond donors (Lipinski definition) is 0. The highest BCUT2D eigenvalue weighted by Gasteiger charge is 2.04. The van der Waals surface area contributed by atoms with E-state index in [1.165, 1.54) is 12.1 Å². The summed E-state index contributed by atoms with van der Waals surface area (Å²) in [6.07, 6.45) is -1.72. The summed E-state index contributed by atoms with van der Waals surface area (Å²) < 4.78 is 24.0. The zero-order chi connectivity index (χ0) is 8.27. The largest absolute Gasteiger partial charge is 0.263 e. The van der Waals surface area contributed by atoms with Crippen molar-refractivity contribution in [2.45, 2.75) is 12.8 Å². The number of halogens is 2. The first kappa shape index (κ1) is 8.18. The summed E-state index contributed by atoms with van der Waals surface area (Å²) in [5, 5.41) is 0. The van der Waals surface area contributed by atoms with Crippen LogP contribution in [0, 0.1) is 6.92 Å². The molecule has 0 atom stereocenters. The van der Waals surface area contributed by atoms with Crippen LogP contribution in [0.25, 0.3) is 0 Å². The summed E-state index contributed by atoms with van der Waals surface area (Å²) in [7, 11) is 0. The third kappa shape index (κ3) is 2.00. The summed E-state index contributed by atoms with van der Waals surface area (Å²) in [6, 6.07) is 6.22. The fraction of sp³-hybridized carbons (Fsp3) is 0.222. The number of hydrogen-bond acceptors (Lipinski definition) is 0. The van der Waals surface area contributed by atoms with Gasteiger partial charge in [0.15, 0.2) is 0 Å². The van der Waals surface area contributed by atoms with Crippen molar-refractivity contribution < 1.29 is 8.78 Å². The monoisotopic (exact) mass is 155 g/mol. The van der Waals surface area contributed by atoms with E-state index >= 15 is 0 Å². The van der Waals surface area contributed by atoms with Crippen LogP contribution < -0.4 is 0 Å². The van der Waals surface area contributed by atoms with Crippen molar-refractivity contribution in [3.8, 4) is 0 Å². The van der Waals surface area contributed by atoms with E-state index in [2.05, 4.69) is 6.92 Å². The average molecular weight is 155 g/mol. The molecule has 0 N–H and O–H groups in total. The summed E-state index contributed by atoms with van der Waals surface area (Å²) in [5.74, 6) is 0. The van der Waals surface area contributed by atoms with Gasteiger partial charge >= 0.3 is 0 Å². The van der Waals surface area contributed by atoms with Crippen molar-refractivity contribution in [2.75, 3.05) is 0 Å². The quantitative estimate of drug-likeness (QED) is 0.615. The molecule has 1 rings (SSSR count). The van der Waals surface area contributed by atoms with Crippen molar-refractivity contribution in [2.24, 2.45) is 0 Å². The van der Waals surface area contributed by atoms with Crippen LogP contribution in [0.2, 0.25) is 0 Å². The lowest BCUT2D eigenvalue weighted by atomic mass is 10.1. The van der Waals surface area contributed by atoms with E-state index in [9.17, 15) is 8.78 Å².